The lowest BCUT2D eigenvalue weighted by molar-refractivity contribution is -0.139. The summed E-state index contributed by atoms with van der Waals surface area (Å²) in [6.07, 6.45) is 5.39. The standard InChI is InChI=1S/C37H42N4O7S/c1-7-18-38-35(41-49(45,46)33-23(3)22(2)32-29(24(33)4)20-37(5,6)48-32)39-19-12-17-31(34(42)43)40-36(44)47-21-30-27-15-10-8-13-25(27)26-14-9-11-16-28(26)30/h1,8-11,13-16,30-31H,12,17-21H2,2-6H3,(H,40,44)(H,42,43)(H2,38,39,41)/t31-/m0/s1. The summed E-state index contributed by atoms with van der Waals surface area (Å²) < 4.78 is 41.7. The maximum Gasteiger partial charge on any atom is 0.407 e. The highest BCUT2D eigenvalue weighted by molar-refractivity contribution is 7.90. The number of rotatable bonds is 11. The normalized spacial score (nSPS) is 15.2. The maximum absolute atomic E-state index is 13.7. The molecule has 0 fully saturated rings. The van der Waals surface area contributed by atoms with Crippen LogP contribution in [0.5, 0.6) is 5.75 Å². The second-order valence-corrected chi connectivity index (χ2v) is 14.6. The number of nitrogens with one attached hydrogen (secondary N) is 3. The van der Waals surface area contributed by atoms with Gasteiger partial charge in [0.05, 0.1) is 11.4 Å². The van der Waals surface area contributed by atoms with Gasteiger partial charge in [0.15, 0.2) is 0 Å². The van der Waals surface area contributed by atoms with Crippen molar-refractivity contribution in [2.75, 3.05) is 19.7 Å². The molecule has 1 aliphatic carbocycles. The Morgan fingerprint density at radius 1 is 1.06 bits per heavy atom. The van der Waals surface area contributed by atoms with Crippen LogP contribution in [0.25, 0.3) is 11.1 Å². The molecule has 1 amide bonds. The Labute approximate surface area is 287 Å². The first kappa shape index (κ1) is 35.3. The summed E-state index contributed by atoms with van der Waals surface area (Å²) in [4.78, 5) is 29.2. The zero-order valence-electron chi connectivity index (χ0n) is 28.3. The molecule has 3 aromatic carbocycles. The van der Waals surface area contributed by atoms with Gasteiger partial charge in [-0.05, 0) is 86.4 Å². The van der Waals surface area contributed by atoms with Gasteiger partial charge in [-0.3, -0.25) is 4.99 Å². The monoisotopic (exact) mass is 686 g/mol. The fraction of sp³-hybridized carbons (Fsp3) is 0.378. The molecule has 1 aliphatic heterocycles. The maximum atomic E-state index is 13.7. The van der Waals surface area contributed by atoms with Gasteiger partial charge in [0.1, 0.15) is 24.0 Å². The molecule has 0 spiro atoms. The second kappa shape index (κ2) is 14.2. The first-order valence-electron chi connectivity index (χ1n) is 16.1. The van der Waals surface area contributed by atoms with E-state index in [-0.39, 0.29) is 49.3 Å². The van der Waals surface area contributed by atoms with Crippen LogP contribution in [0.15, 0.2) is 58.4 Å². The molecule has 0 saturated carbocycles. The fourth-order valence-electron chi connectivity index (χ4n) is 6.61. The number of carboxylic acid groups (broad SMARTS) is 1. The number of carbonyl (C=O) groups excluding carboxylic acids is 1. The van der Waals surface area contributed by atoms with Crippen molar-refractivity contribution in [3.8, 4) is 29.2 Å². The number of guanidine groups is 1. The number of carboxylic acids is 1. The molecule has 0 bridgehead atoms. The molecular weight excluding hydrogens is 644 g/mol. The Kier molecular flexibility index (Phi) is 10.2. The molecule has 258 valence electrons. The average Bonchev–Trinajstić information content (AvgIpc) is 3.56. The molecule has 12 heteroatoms. The van der Waals surface area contributed by atoms with Gasteiger partial charge in [-0.15, -0.1) is 6.42 Å². The van der Waals surface area contributed by atoms with Crippen molar-refractivity contribution in [2.24, 2.45) is 4.99 Å². The third kappa shape index (κ3) is 7.52. The van der Waals surface area contributed by atoms with Gasteiger partial charge in [-0.2, -0.15) is 0 Å². The van der Waals surface area contributed by atoms with Gasteiger partial charge in [0.2, 0.25) is 5.96 Å². The molecule has 1 atom stereocenters. The zero-order chi connectivity index (χ0) is 35.5. The van der Waals surface area contributed by atoms with E-state index in [4.69, 9.17) is 15.9 Å². The van der Waals surface area contributed by atoms with Crippen LogP contribution in [-0.4, -0.2) is 62.9 Å². The van der Waals surface area contributed by atoms with Crippen molar-refractivity contribution >= 4 is 28.0 Å². The van der Waals surface area contributed by atoms with Crippen molar-refractivity contribution in [3.05, 3.63) is 81.9 Å². The third-order valence-corrected chi connectivity index (χ3v) is 10.6. The number of alkyl carbamates (subject to hydrolysis) is 1. The van der Waals surface area contributed by atoms with Crippen molar-refractivity contribution in [2.45, 2.75) is 76.3 Å². The van der Waals surface area contributed by atoms with Crippen molar-refractivity contribution in [1.82, 2.24) is 15.4 Å². The summed E-state index contributed by atoms with van der Waals surface area (Å²) in [5, 5.41) is 15.0. The Morgan fingerprint density at radius 3 is 2.31 bits per heavy atom. The Hall–Kier alpha value is -5.02. The quantitative estimate of drug-likeness (QED) is 0.0956. The molecule has 5 rings (SSSR count). The SMILES string of the molecule is C#CCNC(=NCCC[C@H](NC(=O)OCC1c2ccccc2-c2ccccc21)C(=O)O)NS(=O)(=O)c1c(C)c(C)c2c(c1C)CC(C)(C)O2. The van der Waals surface area contributed by atoms with Crippen LogP contribution in [0.1, 0.15) is 66.0 Å². The number of terminal acetylenes is 1. The van der Waals surface area contributed by atoms with Crippen LogP contribution in [0.4, 0.5) is 4.79 Å². The van der Waals surface area contributed by atoms with Crippen LogP contribution < -0.4 is 20.1 Å². The number of aliphatic carboxylic acids is 1. The molecule has 0 unspecified atom stereocenters. The number of hydrogen-bond donors (Lipinski definition) is 4. The van der Waals surface area contributed by atoms with E-state index in [1.54, 1.807) is 13.8 Å². The van der Waals surface area contributed by atoms with E-state index in [0.29, 0.717) is 17.5 Å². The first-order chi connectivity index (χ1) is 23.2. The Balaban J connectivity index is 1.21. The van der Waals surface area contributed by atoms with Gasteiger partial charge < -0.3 is 25.2 Å². The topological polar surface area (TPSA) is 155 Å². The van der Waals surface area contributed by atoms with Gasteiger partial charge in [0, 0.05) is 24.4 Å². The smallest absolute Gasteiger partial charge is 0.407 e. The van der Waals surface area contributed by atoms with Crippen molar-refractivity contribution in [3.63, 3.8) is 0 Å². The molecule has 3 aromatic rings. The van der Waals surface area contributed by atoms with E-state index in [2.05, 4.69) is 26.3 Å². The van der Waals surface area contributed by atoms with Crippen LogP contribution in [0.2, 0.25) is 0 Å². The minimum Gasteiger partial charge on any atom is -0.487 e. The van der Waals surface area contributed by atoms with E-state index in [9.17, 15) is 23.1 Å². The Morgan fingerprint density at radius 2 is 1.69 bits per heavy atom. The summed E-state index contributed by atoms with van der Waals surface area (Å²) in [6, 6.07) is 14.6. The summed E-state index contributed by atoms with van der Waals surface area (Å²) in [5.41, 5.74) is 6.60. The van der Waals surface area contributed by atoms with E-state index >= 15 is 0 Å². The summed E-state index contributed by atoms with van der Waals surface area (Å²) in [7, 11) is -4.10. The first-order valence-corrected chi connectivity index (χ1v) is 17.6. The average molecular weight is 687 g/mol. The number of fused-ring (bicyclic) bond motifs is 4. The second-order valence-electron chi connectivity index (χ2n) is 12.9. The molecule has 0 saturated heterocycles. The zero-order valence-corrected chi connectivity index (χ0v) is 29.2. The number of sulfonamides is 1. The molecule has 0 radical (unpaired) electrons. The number of amides is 1. The number of nitrogens with zero attached hydrogens (tertiary/aromatic N) is 1. The van der Waals surface area contributed by atoms with Gasteiger partial charge in [-0.25, -0.2) is 22.7 Å². The van der Waals surface area contributed by atoms with Crippen molar-refractivity contribution in [1.29, 1.82) is 0 Å². The highest BCUT2D eigenvalue weighted by Crippen LogP contribution is 2.45. The van der Waals surface area contributed by atoms with Gasteiger partial charge >= 0.3 is 12.1 Å². The largest absolute Gasteiger partial charge is 0.487 e. The predicted octanol–water partition coefficient (Wildman–Crippen LogP) is 4.95. The number of carbonyl (C=O) groups is 2. The summed E-state index contributed by atoms with van der Waals surface area (Å²) in [6.45, 7) is 9.39. The van der Waals surface area contributed by atoms with Crippen LogP contribution in [-0.2, 0) is 26.0 Å². The van der Waals surface area contributed by atoms with Crippen LogP contribution >= 0.6 is 0 Å². The summed E-state index contributed by atoms with van der Waals surface area (Å²) >= 11 is 0. The molecule has 4 N–H and O–H groups in total. The highest BCUT2D eigenvalue weighted by atomic mass is 32.2. The lowest BCUT2D eigenvalue weighted by atomic mass is 9.94. The number of ether oxygens (including phenoxy) is 2. The predicted molar refractivity (Wildman–Crippen MR) is 187 cm³/mol. The van der Waals surface area contributed by atoms with Gasteiger partial charge in [0.25, 0.3) is 10.0 Å². The van der Waals surface area contributed by atoms with Crippen molar-refractivity contribution < 1.29 is 32.6 Å². The minimum atomic E-state index is -4.10. The highest BCUT2D eigenvalue weighted by Gasteiger charge is 2.37. The van der Waals surface area contributed by atoms with E-state index in [0.717, 1.165) is 39.1 Å². The molecule has 2 aliphatic rings. The van der Waals surface area contributed by atoms with Crippen LogP contribution in [0.3, 0.4) is 0 Å². The van der Waals surface area contributed by atoms with E-state index in [1.807, 2.05) is 69.3 Å². The lowest BCUT2D eigenvalue weighted by Gasteiger charge is -2.20. The van der Waals surface area contributed by atoms with Crippen LogP contribution in [0, 0.1) is 33.1 Å². The molecular formula is C37H42N4O7S. The van der Waals surface area contributed by atoms with Gasteiger partial charge in [-0.1, -0.05) is 54.5 Å². The number of aliphatic imine (C=N–C) groups is 1. The third-order valence-electron chi connectivity index (χ3n) is 9.00. The fourth-order valence-corrected chi connectivity index (χ4v) is 8.19. The molecule has 11 nitrogen and oxygen atoms in total. The van der Waals surface area contributed by atoms with E-state index < -0.39 is 33.7 Å². The van der Waals surface area contributed by atoms with E-state index in [1.165, 1.54) is 0 Å². The molecule has 0 aromatic heterocycles. The number of benzene rings is 3. The lowest BCUT2D eigenvalue weighted by Crippen LogP contribution is -2.42. The molecule has 49 heavy (non-hydrogen) atoms. The molecule has 1 heterocycles. The Bertz CT molecular complexity index is 1920. The summed E-state index contributed by atoms with van der Waals surface area (Å²) in [5.74, 6) is 1.67. The number of hydrogen-bond acceptors (Lipinski definition) is 7. The minimum absolute atomic E-state index is 0.00561.